The SMILES string of the molecule is CN(C(=O)c1cccc(Br)c1Cl)C1CC2CCC(C1)N2. The highest BCUT2D eigenvalue weighted by atomic mass is 79.9. The number of carbonyl (C=O) groups excluding carboxylic acids is 1. The van der Waals surface area contributed by atoms with E-state index < -0.39 is 0 Å². The van der Waals surface area contributed by atoms with Crippen LogP contribution in [0.15, 0.2) is 22.7 Å². The van der Waals surface area contributed by atoms with Crippen molar-refractivity contribution in [2.45, 2.75) is 43.8 Å². The van der Waals surface area contributed by atoms with Gasteiger partial charge in [-0.15, -0.1) is 0 Å². The van der Waals surface area contributed by atoms with Gasteiger partial charge in [0.15, 0.2) is 0 Å². The first-order chi connectivity index (χ1) is 9.56. The van der Waals surface area contributed by atoms with E-state index >= 15 is 0 Å². The molecule has 0 aromatic heterocycles. The lowest BCUT2D eigenvalue weighted by atomic mass is 9.98. The number of nitrogens with zero attached hydrogens (tertiary/aromatic N) is 1. The summed E-state index contributed by atoms with van der Waals surface area (Å²) in [5, 5.41) is 4.10. The van der Waals surface area contributed by atoms with Crippen LogP contribution in [-0.4, -0.2) is 36.0 Å². The highest BCUT2D eigenvalue weighted by molar-refractivity contribution is 9.10. The number of halogens is 2. The lowest BCUT2D eigenvalue weighted by molar-refractivity contribution is 0.0682. The van der Waals surface area contributed by atoms with Crippen LogP contribution in [0.5, 0.6) is 0 Å². The molecule has 5 heteroatoms. The van der Waals surface area contributed by atoms with Crippen molar-refractivity contribution < 1.29 is 4.79 Å². The van der Waals surface area contributed by atoms with Gasteiger partial charge in [0.1, 0.15) is 0 Å². The standard InChI is InChI=1S/C15H18BrClN2O/c1-19(11-7-9-5-6-10(8-11)18-9)15(20)12-3-2-4-13(16)14(12)17/h2-4,9-11,18H,5-8H2,1H3. The number of carbonyl (C=O) groups is 1. The van der Waals surface area contributed by atoms with Crippen LogP contribution >= 0.6 is 27.5 Å². The molecule has 108 valence electrons. The minimum atomic E-state index is 0.0163. The van der Waals surface area contributed by atoms with E-state index in [4.69, 9.17) is 11.6 Å². The van der Waals surface area contributed by atoms with Crippen LogP contribution in [0.3, 0.4) is 0 Å². The summed E-state index contributed by atoms with van der Waals surface area (Å²) in [6.45, 7) is 0. The largest absolute Gasteiger partial charge is 0.339 e. The van der Waals surface area contributed by atoms with Crippen LogP contribution in [0.1, 0.15) is 36.0 Å². The molecule has 0 saturated carbocycles. The fourth-order valence-corrected chi connectivity index (χ4v) is 3.94. The Morgan fingerprint density at radius 3 is 2.65 bits per heavy atom. The molecule has 2 heterocycles. The summed E-state index contributed by atoms with van der Waals surface area (Å²) in [5.41, 5.74) is 0.578. The van der Waals surface area contributed by atoms with Gasteiger partial charge in [-0.1, -0.05) is 17.7 Å². The molecule has 0 radical (unpaired) electrons. The van der Waals surface area contributed by atoms with Gasteiger partial charge in [-0.25, -0.2) is 0 Å². The number of hydrogen-bond acceptors (Lipinski definition) is 2. The molecule has 2 aliphatic rings. The Morgan fingerprint density at radius 2 is 2.00 bits per heavy atom. The molecule has 1 amide bonds. The van der Waals surface area contributed by atoms with Gasteiger partial charge >= 0.3 is 0 Å². The van der Waals surface area contributed by atoms with Gasteiger partial charge in [-0.2, -0.15) is 0 Å². The molecule has 2 saturated heterocycles. The molecule has 2 aliphatic heterocycles. The van der Waals surface area contributed by atoms with Crippen molar-refractivity contribution in [3.8, 4) is 0 Å². The van der Waals surface area contributed by atoms with Gasteiger partial charge in [0, 0.05) is 29.6 Å². The monoisotopic (exact) mass is 356 g/mol. The third kappa shape index (κ3) is 2.61. The number of piperidine rings is 1. The summed E-state index contributed by atoms with van der Waals surface area (Å²) in [5.74, 6) is 0.0163. The number of hydrogen-bond donors (Lipinski definition) is 1. The van der Waals surface area contributed by atoms with Crippen LogP contribution in [0.25, 0.3) is 0 Å². The maximum absolute atomic E-state index is 12.7. The summed E-state index contributed by atoms with van der Waals surface area (Å²) >= 11 is 9.61. The summed E-state index contributed by atoms with van der Waals surface area (Å²) in [4.78, 5) is 14.5. The van der Waals surface area contributed by atoms with Crippen LogP contribution in [-0.2, 0) is 0 Å². The molecule has 3 rings (SSSR count). The molecule has 2 fully saturated rings. The Morgan fingerprint density at radius 1 is 1.35 bits per heavy atom. The zero-order valence-electron chi connectivity index (χ0n) is 11.4. The Balaban J connectivity index is 1.78. The second-order valence-electron chi connectivity index (χ2n) is 5.78. The topological polar surface area (TPSA) is 32.3 Å². The van der Waals surface area contributed by atoms with Crippen molar-refractivity contribution in [2.75, 3.05) is 7.05 Å². The molecule has 2 bridgehead atoms. The highest BCUT2D eigenvalue weighted by Gasteiger charge is 2.36. The zero-order chi connectivity index (χ0) is 14.3. The number of fused-ring (bicyclic) bond motifs is 2. The van der Waals surface area contributed by atoms with E-state index in [1.807, 2.05) is 24.1 Å². The number of nitrogens with one attached hydrogen (secondary N) is 1. The third-order valence-electron chi connectivity index (χ3n) is 4.50. The molecular formula is C15H18BrClN2O. The van der Waals surface area contributed by atoms with Crippen molar-refractivity contribution in [2.24, 2.45) is 0 Å². The van der Waals surface area contributed by atoms with Crippen LogP contribution in [0, 0.1) is 0 Å². The maximum Gasteiger partial charge on any atom is 0.255 e. The van der Waals surface area contributed by atoms with E-state index in [0.29, 0.717) is 28.7 Å². The Hall–Kier alpha value is -0.580. The molecule has 3 nitrogen and oxygen atoms in total. The average Bonchev–Trinajstić information content (AvgIpc) is 2.79. The van der Waals surface area contributed by atoms with E-state index in [-0.39, 0.29) is 5.91 Å². The van der Waals surface area contributed by atoms with Gasteiger partial charge in [0.2, 0.25) is 0 Å². The van der Waals surface area contributed by atoms with Crippen molar-refractivity contribution in [3.05, 3.63) is 33.3 Å². The molecule has 2 unspecified atom stereocenters. The molecule has 1 aromatic carbocycles. The van der Waals surface area contributed by atoms with E-state index in [9.17, 15) is 4.79 Å². The van der Waals surface area contributed by atoms with Crippen molar-refractivity contribution >= 4 is 33.4 Å². The summed E-state index contributed by atoms with van der Waals surface area (Å²) < 4.78 is 0.767. The van der Waals surface area contributed by atoms with Crippen molar-refractivity contribution in [3.63, 3.8) is 0 Å². The van der Waals surface area contributed by atoms with Gasteiger partial charge in [-0.05, 0) is 53.7 Å². The van der Waals surface area contributed by atoms with Crippen molar-refractivity contribution in [1.29, 1.82) is 0 Å². The van der Waals surface area contributed by atoms with E-state index in [1.165, 1.54) is 12.8 Å². The van der Waals surface area contributed by atoms with Gasteiger partial charge in [0.25, 0.3) is 5.91 Å². The smallest absolute Gasteiger partial charge is 0.255 e. The predicted molar refractivity (Wildman–Crippen MR) is 84.2 cm³/mol. The Bertz CT molecular complexity index is 525. The summed E-state index contributed by atoms with van der Waals surface area (Å²) in [6, 6.07) is 6.96. The molecule has 0 spiro atoms. The van der Waals surface area contributed by atoms with Crippen LogP contribution < -0.4 is 5.32 Å². The van der Waals surface area contributed by atoms with Gasteiger partial charge in [0.05, 0.1) is 10.6 Å². The third-order valence-corrected chi connectivity index (χ3v) is 5.79. The van der Waals surface area contributed by atoms with E-state index in [0.717, 1.165) is 17.3 Å². The molecule has 20 heavy (non-hydrogen) atoms. The predicted octanol–water partition coefficient (Wildman–Crippen LogP) is 3.46. The highest BCUT2D eigenvalue weighted by Crippen LogP contribution is 2.31. The van der Waals surface area contributed by atoms with E-state index in [1.54, 1.807) is 6.07 Å². The lowest BCUT2D eigenvalue weighted by Crippen LogP contribution is -2.48. The first-order valence-corrected chi connectivity index (χ1v) is 8.20. The minimum absolute atomic E-state index is 0.0163. The van der Waals surface area contributed by atoms with Crippen LogP contribution in [0.4, 0.5) is 0 Å². The molecule has 0 aliphatic carbocycles. The van der Waals surface area contributed by atoms with E-state index in [2.05, 4.69) is 21.2 Å². The number of benzene rings is 1. The fourth-order valence-electron chi connectivity index (χ4n) is 3.37. The Kier molecular flexibility index (Phi) is 4.07. The maximum atomic E-state index is 12.7. The summed E-state index contributed by atoms with van der Waals surface area (Å²) in [7, 11) is 1.90. The van der Waals surface area contributed by atoms with Crippen molar-refractivity contribution in [1.82, 2.24) is 10.2 Å². The zero-order valence-corrected chi connectivity index (χ0v) is 13.7. The average molecular weight is 358 g/mol. The molecule has 1 aromatic rings. The molecule has 1 N–H and O–H groups in total. The minimum Gasteiger partial charge on any atom is -0.339 e. The normalized spacial score (nSPS) is 28.4. The van der Waals surface area contributed by atoms with Gasteiger partial charge < -0.3 is 10.2 Å². The van der Waals surface area contributed by atoms with Gasteiger partial charge in [-0.3, -0.25) is 4.79 Å². The number of amides is 1. The lowest BCUT2D eigenvalue weighted by Gasteiger charge is -2.35. The van der Waals surface area contributed by atoms with Crippen LogP contribution in [0.2, 0.25) is 5.02 Å². The first-order valence-electron chi connectivity index (χ1n) is 7.03. The first kappa shape index (κ1) is 14.4. The summed E-state index contributed by atoms with van der Waals surface area (Å²) in [6.07, 6.45) is 4.57. The Labute approximate surface area is 132 Å². The number of rotatable bonds is 2. The molecule has 2 atom stereocenters. The fraction of sp³-hybridized carbons (Fsp3) is 0.533. The second-order valence-corrected chi connectivity index (χ2v) is 7.01. The quantitative estimate of drug-likeness (QED) is 0.879. The molecular weight excluding hydrogens is 340 g/mol. The second kappa shape index (κ2) is 5.66.